The predicted octanol–water partition coefficient (Wildman–Crippen LogP) is 1.46. The molecule has 1 aliphatic heterocycles. The molecule has 1 aliphatic rings. The van der Waals surface area contributed by atoms with E-state index in [0.717, 1.165) is 5.56 Å². The number of halogens is 1. The number of urea groups is 1. The molecule has 0 saturated carbocycles. The van der Waals surface area contributed by atoms with Crippen LogP contribution in [0.25, 0.3) is 0 Å². The van der Waals surface area contributed by atoms with Crippen molar-refractivity contribution in [2.45, 2.75) is 31.3 Å². The van der Waals surface area contributed by atoms with Crippen LogP contribution < -0.4 is 10.6 Å². The van der Waals surface area contributed by atoms with Gasteiger partial charge in [-0.15, -0.1) is 0 Å². The van der Waals surface area contributed by atoms with Crippen molar-refractivity contribution in [1.29, 1.82) is 0 Å². The first-order valence-electron chi connectivity index (χ1n) is 8.49. The lowest BCUT2D eigenvalue weighted by Gasteiger charge is -2.41. The Balaban J connectivity index is 1.94. The smallest absolute Gasteiger partial charge is 0.315 e. The molecule has 146 valence electrons. The normalized spacial score (nSPS) is 17.7. The lowest BCUT2D eigenvalue weighted by molar-refractivity contribution is 0.122. The van der Waals surface area contributed by atoms with Crippen molar-refractivity contribution >= 4 is 16.1 Å². The fraction of sp³-hybridized carbons (Fsp3) is 0.588. The van der Waals surface area contributed by atoms with Gasteiger partial charge in [0.25, 0.3) is 0 Å². The van der Waals surface area contributed by atoms with Gasteiger partial charge in [0.2, 0.25) is 10.0 Å². The van der Waals surface area contributed by atoms with E-state index in [4.69, 9.17) is 4.74 Å². The standard InChI is InChI=1S/C17H26FN3O4S/c1-25-12-9-17(7-10-21(11-8-17)26(2,23)24)20-16(22)19-13-14-3-5-15(18)6-4-14/h3-6H,7-13H2,1-2H3,(H2,19,20,22). The number of nitrogens with one attached hydrogen (secondary N) is 2. The van der Waals surface area contributed by atoms with E-state index in [-0.39, 0.29) is 18.4 Å². The fourth-order valence-corrected chi connectivity index (χ4v) is 3.90. The number of methoxy groups -OCH3 is 1. The molecule has 1 aromatic carbocycles. The average molecular weight is 387 g/mol. The minimum Gasteiger partial charge on any atom is -0.385 e. The van der Waals surface area contributed by atoms with E-state index >= 15 is 0 Å². The first kappa shape index (κ1) is 20.6. The third-order valence-electron chi connectivity index (χ3n) is 4.68. The maximum Gasteiger partial charge on any atom is 0.315 e. The quantitative estimate of drug-likeness (QED) is 0.741. The van der Waals surface area contributed by atoms with Gasteiger partial charge in [0, 0.05) is 38.9 Å². The van der Waals surface area contributed by atoms with Crippen LogP contribution in [-0.4, -0.2) is 57.4 Å². The highest BCUT2D eigenvalue weighted by molar-refractivity contribution is 7.88. The monoisotopic (exact) mass is 387 g/mol. The molecular formula is C17H26FN3O4S. The van der Waals surface area contributed by atoms with E-state index in [0.29, 0.717) is 39.0 Å². The molecular weight excluding hydrogens is 361 g/mol. The molecule has 2 N–H and O–H groups in total. The summed E-state index contributed by atoms with van der Waals surface area (Å²) in [5.74, 6) is -0.325. The van der Waals surface area contributed by atoms with Crippen molar-refractivity contribution in [3.63, 3.8) is 0 Å². The Labute approximate surface area is 154 Å². The molecule has 7 nitrogen and oxygen atoms in total. The summed E-state index contributed by atoms with van der Waals surface area (Å²) in [4.78, 5) is 12.3. The van der Waals surface area contributed by atoms with Gasteiger partial charge in [-0.25, -0.2) is 21.9 Å². The number of rotatable bonds is 7. The highest BCUT2D eigenvalue weighted by Crippen LogP contribution is 2.27. The number of hydrogen-bond acceptors (Lipinski definition) is 4. The van der Waals surface area contributed by atoms with Crippen LogP contribution in [0.2, 0.25) is 0 Å². The molecule has 0 aliphatic carbocycles. The Morgan fingerprint density at radius 3 is 2.42 bits per heavy atom. The highest BCUT2D eigenvalue weighted by atomic mass is 32.2. The van der Waals surface area contributed by atoms with E-state index in [1.54, 1.807) is 19.2 Å². The van der Waals surface area contributed by atoms with Crippen molar-refractivity contribution in [1.82, 2.24) is 14.9 Å². The Morgan fingerprint density at radius 2 is 1.88 bits per heavy atom. The van der Waals surface area contributed by atoms with E-state index in [2.05, 4.69) is 10.6 Å². The molecule has 0 spiro atoms. The van der Waals surface area contributed by atoms with E-state index in [9.17, 15) is 17.6 Å². The van der Waals surface area contributed by atoms with Crippen molar-refractivity contribution in [2.24, 2.45) is 0 Å². The van der Waals surface area contributed by atoms with Crippen LogP contribution in [0.4, 0.5) is 9.18 Å². The van der Waals surface area contributed by atoms with Crippen LogP contribution in [-0.2, 0) is 21.3 Å². The maximum atomic E-state index is 12.9. The van der Waals surface area contributed by atoms with Crippen molar-refractivity contribution < 1.29 is 22.3 Å². The number of nitrogens with zero attached hydrogens (tertiary/aromatic N) is 1. The molecule has 0 bridgehead atoms. The van der Waals surface area contributed by atoms with Gasteiger partial charge < -0.3 is 15.4 Å². The molecule has 0 unspecified atom stereocenters. The first-order valence-corrected chi connectivity index (χ1v) is 10.3. The largest absolute Gasteiger partial charge is 0.385 e. The highest BCUT2D eigenvalue weighted by Gasteiger charge is 2.37. The molecule has 1 heterocycles. The Morgan fingerprint density at radius 1 is 1.27 bits per heavy atom. The first-order chi connectivity index (χ1) is 12.2. The molecule has 0 aromatic heterocycles. The van der Waals surface area contributed by atoms with Gasteiger partial charge in [0.05, 0.1) is 6.26 Å². The summed E-state index contributed by atoms with van der Waals surface area (Å²) in [6, 6.07) is 5.58. The Bertz CT molecular complexity index is 701. The third kappa shape index (κ3) is 5.93. The van der Waals surface area contributed by atoms with Crippen LogP contribution in [0, 0.1) is 5.82 Å². The fourth-order valence-electron chi connectivity index (χ4n) is 3.05. The van der Waals surface area contributed by atoms with Gasteiger partial charge in [-0.1, -0.05) is 12.1 Å². The molecule has 0 radical (unpaired) electrons. The van der Waals surface area contributed by atoms with Crippen LogP contribution >= 0.6 is 0 Å². The van der Waals surface area contributed by atoms with Gasteiger partial charge in [-0.05, 0) is 37.0 Å². The number of hydrogen-bond donors (Lipinski definition) is 2. The minimum absolute atomic E-state index is 0.280. The van der Waals surface area contributed by atoms with Crippen LogP contribution in [0.1, 0.15) is 24.8 Å². The molecule has 2 amide bonds. The lowest BCUT2D eigenvalue weighted by Crippen LogP contribution is -2.58. The third-order valence-corrected chi connectivity index (χ3v) is 5.98. The summed E-state index contributed by atoms with van der Waals surface area (Å²) in [5.41, 5.74) is 0.281. The molecule has 26 heavy (non-hydrogen) atoms. The summed E-state index contributed by atoms with van der Waals surface area (Å²) in [7, 11) is -1.64. The van der Waals surface area contributed by atoms with Gasteiger partial charge in [-0.2, -0.15) is 0 Å². The predicted molar refractivity (Wildman–Crippen MR) is 96.6 cm³/mol. The van der Waals surface area contributed by atoms with Crippen LogP contribution in [0.5, 0.6) is 0 Å². The van der Waals surface area contributed by atoms with Crippen molar-refractivity contribution in [3.05, 3.63) is 35.6 Å². The van der Waals surface area contributed by atoms with Gasteiger partial charge in [-0.3, -0.25) is 0 Å². The molecule has 2 rings (SSSR count). The number of carbonyl (C=O) groups excluding carboxylic acids is 1. The lowest BCUT2D eigenvalue weighted by atomic mass is 9.85. The summed E-state index contributed by atoms with van der Waals surface area (Å²) < 4.78 is 42.9. The molecule has 1 aromatic rings. The zero-order valence-electron chi connectivity index (χ0n) is 15.1. The number of benzene rings is 1. The van der Waals surface area contributed by atoms with E-state index in [1.165, 1.54) is 22.7 Å². The van der Waals surface area contributed by atoms with E-state index < -0.39 is 15.6 Å². The topological polar surface area (TPSA) is 87.7 Å². The Kier molecular flexibility index (Phi) is 6.96. The summed E-state index contributed by atoms with van der Waals surface area (Å²) in [5, 5.41) is 5.76. The number of carbonyl (C=O) groups is 1. The molecule has 1 fully saturated rings. The van der Waals surface area contributed by atoms with Gasteiger partial charge in [0.15, 0.2) is 0 Å². The van der Waals surface area contributed by atoms with E-state index in [1.807, 2.05) is 0 Å². The summed E-state index contributed by atoms with van der Waals surface area (Å²) >= 11 is 0. The molecule has 0 atom stereocenters. The van der Waals surface area contributed by atoms with Gasteiger partial charge >= 0.3 is 6.03 Å². The van der Waals surface area contributed by atoms with Crippen LogP contribution in [0.15, 0.2) is 24.3 Å². The second-order valence-electron chi connectivity index (χ2n) is 6.62. The zero-order chi connectivity index (χ0) is 19.2. The van der Waals surface area contributed by atoms with Gasteiger partial charge in [0.1, 0.15) is 5.82 Å². The zero-order valence-corrected chi connectivity index (χ0v) is 15.9. The number of ether oxygens (including phenoxy) is 1. The number of amides is 2. The number of piperidine rings is 1. The summed E-state index contributed by atoms with van der Waals surface area (Å²) in [6.45, 7) is 1.47. The van der Waals surface area contributed by atoms with Crippen LogP contribution in [0.3, 0.4) is 0 Å². The summed E-state index contributed by atoms with van der Waals surface area (Å²) in [6.07, 6.45) is 2.84. The second kappa shape index (κ2) is 8.79. The number of sulfonamides is 1. The molecule has 1 saturated heterocycles. The maximum absolute atomic E-state index is 12.9. The van der Waals surface area contributed by atoms with Crippen molar-refractivity contribution in [3.8, 4) is 0 Å². The SMILES string of the molecule is COCCC1(NC(=O)NCc2ccc(F)cc2)CCN(S(C)(=O)=O)CC1. The van der Waals surface area contributed by atoms with Crippen molar-refractivity contribution in [2.75, 3.05) is 33.1 Å². The minimum atomic E-state index is -3.23. The molecule has 9 heteroatoms. The average Bonchev–Trinajstić information content (AvgIpc) is 2.59. The Hall–Kier alpha value is -1.71. The second-order valence-corrected chi connectivity index (χ2v) is 8.60.